The highest BCUT2D eigenvalue weighted by Gasteiger charge is 2.15. The molecule has 6 rings (SSSR count). The number of nitrogens with one attached hydrogen (secondary N) is 5. The molecule has 0 saturated heterocycles. The third-order valence-electron chi connectivity index (χ3n) is 7.29. The summed E-state index contributed by atoms with van der Waals surface area (Å²) >= 11 is 6.71. The molecule has 0 fully saturated rings. The number of ether oxygens (including phenoxy) is 1. The molecular formula is C36H33ClN8O. The van der Waals surface area contributed by atoms with Crippen molar-refractivity contribution in [3.63, 3.8) is 0 Å². The number of aromatic nitrogens is 4. The minimum absolute atomic E-state index is 0.156. The zero-order valence-electron chi connectivity index (χ0n) is 25.9. The van der Waals surface area contributed by atoms with E-state index in [0.29, 0.717) is 39.6 Å². The Balaban J connectivity index is 1.22. The number of amidine groups is 1. The maximum Gasteiger partial charge on any atom is 0.145 e. The highest BCUT2D eigenvalue weighted by Crippen LogP contribution is 2.35. The number of hydrogen-bond donors (Lipinski definition) is 5. The number of hydrogen-bond acceptors (Lipinski definition) is 6. The fourth-order valence-electron chi connectivity index (χ4n) is 5.16. The van der Waals surface area contributed by atoms with E-state index in [2.05, 4.69) is 47.1 Å². The van der Waals surface area contributed by atoms with Gasteiger partial charge in [-0.2, -0.15) is 5.26 Å². The van der Waals surface area contributed by atoms with Gasteiger partial charge < -0.3 is 25.3 Å². The Morgan fingerprint density at radius 2 is 1.50 bits per heavy atom. The zero-order valence-corrected chi connectivity index (χ0v) is 26.7. The summed E-state index contributed by atoms with van der Waals surface area (Å²) in [5.41, 5.74) is 7.67. The molecule has 0 radical (unpaired) electrons. The molecule has 0 amide bonds. The lowest BCUT2D eigenvalue weighted by Crippen LogP contribution is -2.30. The van der Waals surface area contributed by atoms with E-state index in [1.54, 1.807) is 24.3 Å². The molecule has 46 heavy (non-hydrogen) atoms. The van der Waals surface area contributed by atoms with Crippen molar-refractivity contribution in [2.45, 2.75) is 39.8 Å². The van der Waals surface area contributed by atoms with Crippen LogP contribution in [0.1, 0.15) is 44.4 Å². The standard InChI is InChI=1S/C36H33ClN8O/c1-19(2)40-21(5)22-6-11-30-31(15-22)45-36(43-30)27-10-9-26(17-28(27)37)46-33-13-8-24(14-25(33)18-38)35-42-29-12-7-23(16-32(29)44-35)34(39)41-20(3)4/h6-17,19-20,40H,5H2,1-4H3,(H2,39,41)(H,42,44)(H,43,45). The Hall–Kier alpha value is -5.59. The highest BCUT2D eigenvalue weighted by atomic mass is 35.5. The molecule has 0 saturated carbocycles. The number of nitriles is 1. The summed E-state index contributed by atoms with van der Waals surface area (Å²) < 4.78 is 6.11. The summed E-state index contributed by atoms with van der Waals surface area (Å²) in [6.45, 7) is 12.3. The van der Waals surface area contributed by atoms with Crippen molar-refractivity contribution in [1.82, 2.24) is 30.6 Å². The number of imidazole rings is 2. The largest absolute Gasteiger partial charge is 0.456 e. The molecule has 0 bridgehead atoms. The topological polar surface area (TPSA) is 138 Å². The molecule has 5 N–H and O–H groups in total. The van der Waals surface area contributed by atoms with Gasteiger partial charge in [0.05, 0.1) is 32.7 Å². The first kappa shape index (κ1) is 30.4. The van der Waals surface area contributed by atoms with Gasteiger partial charge in [-0.1, -0.05) is 24.2 Å². The van der Waals surface area contributed by atoms with Crippen LogP contribution >= 0.6 is 11.6 Å². The van der Waals surface area contributed by atoms with Crippen LogP contribution in [-0.2, 0) is 0 Å². The van der Waals surface area contributed by atoms with Crippen LogP contribution < -0.4 is 15.4 Å². The fourth-order valence-corrected chi connectivity index (χ4v) is 5.42. The van der Waals surface area contributed by atoms with E-state index in [-0.39, 0.29) is 12.1 Å². The zero-order chi connectivity index (χ0) is 32.5. The lowest BCUT2D eigenvalue weighted by Gasteiger charge is -2.12. The first-order valence-electron chi connectivity index (χ1n) is 14.9. The fraction of sp³-hybridized carbons (Fsp3) is 0.167. The monoisotopic (exact) mass is 628 g/mol. The van der Waals surface area contributed by atoms with Crippen LogP contribution in [0.5, 0.6) is 11.5 Å². The molecule has 230 valence electrons. The summed E-state index contributed by atoms with van der Waals surface area (Å²) in [4.78, 5) is 16.1. The van der Waals surface area contributed by atoms with Crippen molar-refractivity contribution in [1.29, 1.82) is 10.7 Å². The maximum atomic E-state index is 9.95. The van der Waals surface area contributed by atoms with Crippen LogP contribution in [0.3, 0.4) is 0 Å². The van der Waals surface area contributed by atoms with Crippen molar-refractivity contribution in [3.05, 3.63) is 101 Å². The van der Waals surface area contributed by atoms with Gasteiger partial charge in [-0.15, -0.1) is 0 Å². The van der Waals surface area contributed by atoms with E-state index in [4.69, 9.17) is 31.7 Å². The second-order valence-electron chi connectivity index (χ2n) is 11.7. The van der Waals surface area contributed by atoms with Gasteiger partial charge in [-0.25, -0.2) is 9.97 Å². The van der Waals surface area contributed by atoms with Gasteiger partial charge in [0.25, 0.3) is 0 Å². The molecule has 10 heteroatoms. The molecule has 0 aliphatic carbocycles. The van der Waals surface area contributed by atoms with Gasteiger partial charge in [0, 0.05) is 40.5 Å². The van der Waals surface area contributed by atoms with Gasteiger partial charge in [0.2, 0.25) is 0 Å². The predicted molar refractivity (Wildman–Crippen MR) is 185 cm³/mol. The van der Waals surface area contributed by atoms with E-state index < -0.39 is 0 Å². The average Bonchev–Trinajstić information content (AvgIpc) is 3.64. The Morgan fingerprint density at radius 1 is 0.848 bits per heavy atom. The molecule has 9 nitrogen and oxygen atoms in total. The molecule has 0 atom stereocenters. The lowest BCUT2D eigenvalue weighted by atomic mass is 10.1. The Labute approximate surface area is 271 Å². The van der Waals surface area contributed by atoms with Crippen LogP contribution in [0.2, 0.25) is 5.02 Å². The van der Waals surface area contributed by atoms with E-state index in [0.717, 1.165) is 50.0 Å². The van der Waals surface area contributed by atoms with Crippen molar-refractivity contribution >= 4 is 45.2 Å². The second kappa shape index (κ2) is 12.4. The maximum absolute atomic E-state index is 9.95. The number of H-pyrrole nitrogens is 2. The minimum atomic E-state index is 0.156. The smallest absolute Gasteiger partial charge is 0.145 e. The number of benzene rings is 4. The molecule has 0 unspecified atom stereocenters. The minimum Gasteiger partial charge on any atom is -0.456 e. The second-order valence-corrected chi connectivity index (χ2v) is 12.1. The van der Waals surface area contributed by atoms with Gasteiger partial charge in [-0.3, -0.25) is 5.41 Å². The van der Waals surface area contributed by atoms with Crippen LogP contribution in [0, 0.1) is 16.7 Å². The molecule has 0 aliphatic rings. The first-order valence-corrected chi connectivity index (χ1v) is 15.3. The summed E-state index contributed by atoms with van der Waals surface area (Å²) in [7, 11) is 0. The molecular weight excluding hydrogens is 596 g/mol. The summed E-state index contributed by atoms with van der Waals surface area (Å²) in [5.74, 6) is 2.49. The molecule has 6 aromatic rings. The van der Waals surface area contributed by atoms with E-state index in [9.17, 15) is 5.26 Å². The Kier molecular flexibility index (Phi) is 8.22. The summed E-state index contributed by atoms with van der Waals surface area (Å²) in [5, 5.41) is 25.1. The third-order valence-corrected chi connectivity index (χ3v) is 7.61. The van der Waals surface area contributed by atoms with Crippen molar-refractivity contribution in [2.24, 2.45) is 0 Å². The highest BCUT2D eigenvalue weighted by molar-refractivity contribution is 6.33. The SMILES string of the molecule is C=C(NC(C)C)c1ccc2nc(-c3ccc(Oc4ccc(-c5nc6ccc(C(=N)NC(C)C)cc6[nH]5)cc4C#N)cc3Cl)[nH]c2c1. The van der Waals surface area contributed by atoms with Gasteiger partial charge in [0.15, 0.2) is 0 Å². The average molecular weight is 629 g/mol. The molecule has 0 aliphatic heterocycles. The van der Waals surface area contributed by atoms with Crippen molar-refractivity contribution < 1.29 is 4.74 Å². The predicted octanol–water partition coefficient (Wildman–Crippen LogP) is 8.38. The number of aromatic amines is 2. The van der Waals surface area contributed by atoms with Gasteiger partial charge in [0.1, 0.15) is 35.1 Å². The van der Waals surface area contributed by atoms with Crippen LogP contribution in [0.25, 0.3) is 50.5 Å². The van der Waals surface area contributed by atoms with Crippen LogP contribution in [0.15, 0.2) is 79.4 Å². The normalized spacial score (nSPS) is 11.3. The first-order chi connectivity index (χ1) is 22.1. The number of rotatable bonds is 9. The number of nitrogens with zero attached hydrogens (tertiary/aromatic N) is 3. The summed E-state index contributed by atoms with van der Waals surface area (Å²) in [6.07, 6.45) is 0. The quantitative estimate of drug-likeness (QED) is 0.0805. The Morgan fingerprint density at radius 3 is 2.17 bits per heavy atom. The van der Waals surface area contributed by atoms with Crippen molar-refractivity contribution in [2.75, 3.05) is 0 Å². The molecule has 0 spiro atoms. The van der Waals surface area contributed by atoms with E-state index in [1.807, 2.05) is 62.4 Å². The lowest BCUT2D eigenvalue weighted by molar-refractivity contribution is 0.481. The van der Waals surface area contributed by atoms with Crippen LogP contribution in [0.4, 0.5) is 0 Å². The summed E-state index contributed by atoms with van der Waals surface area (Å²) in [6, 6.07) is 24.9. The van der Waals surface area contributed by atoms with E-state index >= 15 is 0 Å². The van der Waals surface area contributed by atoms with E-state index in [1.165, 1.54) is 0 Å². The van der Waals surface area contributed by atoms with Gasteiger partial charge >= 0.3 is 0 Å². The molecule has 2 aromatic heterocycles. The van der Waals surface area contributed by atoms with Crippen molar-refractivity contribution in [3.8, 4) is 40.3 Å². The third kappa shape index (κ3) is 6.29. The van der Waals surface area contributed by atoms with Crippen LogP contribution in [-0.4, -0.2) is 37.9 Å². The number of fused-ring (bicyclic) bond motifs is 2. The Bertz CT molecular complexity index is 2170. The van der Waals surface area contributed by atoms with Gasteiger partial charge in [-0.05, 0) is 93.9 Å². The number of halogens is 1. The molecule has 2 heterocycles. The molecule has 4 aromatic carbocycles.